The first-order chi connectivity index (χ1) is 11.4. The molecular weight excluding hydrogens is 350 g/mol. The summed E-state index contributed by atoms with van der Waals surface area (Å²) in [7, 11) is -3.83. The summed E-state index contributed by atoms with van der Waals surface area (Å²) in [6.45, 7) is 0.222. The fourth-order valence-corrected chi connectivity index (χ4v) is 4.76. The summed E-state index contributed by atoms with van der Waals surface area (Å²) in [6, 6.07) is 12.4. The zero-order valence-electron chi connectivity index (χ0n) is 12.7. The molecule has 1 heterocycles. The molecule has 0 radical (unpaired) electrons. The third kappa shape index (κ3) is 3.17. The van der Waals surface area contributed by atoms with E-state index < -0.39 is 22.0 Å². The van der Waals surface area contributed by atoms with Gasteiger partial charge in [0.1, 0.15) is 0 Å². The molecule has 2 aromatic rings. The number of sulfonamides is 1. The number of carbonyl (C=O) groups is 1. The predicted octanol–water partition coefficient (Wildman–Crippen LogP) is 1.77. The van der Waals surface area contributed by atoms with Crippen molar-refractivity contribution in [3.05, 3.63) is 64.7 Å². The lowest BCUT2D eigenvalue weighted by Gasteiger charge is -2.36. The molecule has 0 saturated carbocycles. The number of rotatable bonds is 4. The van der Waals surface area contributed by atoms with Gasteiger partial charge in [0.2, 0.25) is 10.0 Å². The summed E-state index contributed by atoms with van der Waals surface area (Å²) < 4.78 is 27.2. The average Bonchev–Trinajstić information content (AvgIpc) is 2.55. The molecule has 1 aliphatic rings. The van der Waals surface area contributed by atoms with Crippen LogP contribution >= 0.6 is 11.6 Å². The molecule has 0 bridgehead atoms. The Morgan fingerprint density at radius 3 is 2.50 bits per heavy atom. The fourth-order valence-electron chi connectivity index (χ4n) is 3.03. The average molecular weight is 365 g/mol. The van der Waals surface area contributed by atoms with Gasteiger partial charge in [-0.15, -0.1) is 0 Å². The standard InChI is InChI=1S/C17H16ClNO4S/c18-13-5-7-14(8-6-13)24(22,23)19-10-9-12-3-1-2-4-15(12)16(19)11-17(20)21/h1-8,16H,9-11H2,(H,20,21)/p-1/t16-/m1/s1. The smallest absolute Gasteiger partial charge is 0.243 e. The predicted molar refractivity (Wildman–Crippen MR) is 87.9 cm³/mol. The van der Waals surface area contributed by atoms with Gasteiger partial charge < -0.3 is 9.90 Å². The Hall–Kier alpha value is -1.89. The van der Waals surface area contributed by atoms with Crippen molar-refractivity contribution in [3.8, 4) is 0 Å². The van der Waals surface area contributed by atoms with Crippen LogP contribution in [-0.2, 0) is 21.2 Å². The highest BCUT2D eigenvalue weighted by Gasteiger charge is 2.36. The van der Waals surface area contributed by atoms with Gasteiger partial charge in [-0.2, -0.15) is 4.31 Å². The maximum absolute atomic E-state index is 13.0. The van der Waals surface area contributed by atoms with Crippen molar-refractivity contribution < 1.29 is 18.3 Å². The highest BCUT2D eigenvalue weighted by molar-refractivity contribution is 7.89. The topological polar surface area (TPSA) is 77.5 Å². The van der Waals surface area contributed by atoms with E-state index in [0.717, 1.165) is 5.56 Å². The molecule has 2 aromatic carbocycles. The van der Waals surface area contributed by atoms with Crippen LogP contribution in [0.25, 0.3) is 0 Å². The van der Waals surface area contributed by atoms with Crippen LogP contribution in [0.1, 0.15) is 23.6 Å². The molecule has 0 spiro atoms. The van der Waals surface area contributed by atoms with Crippen molar-refractivity contribution in [2.75, 3.05) is 6.54 Å². The minimum Gasteiger partial charge on any atom is -0.550 e. The van der Waals surface area contributed by atoms with E-state index >= 15 is 0 Å². The maximum Gasteiger partial charge on any atom is 0.243 e. The molecule has 0 unspecified atom stereocenters. The van der Waals surface area contributed by atoms with E-state index in [1.165, 1.54) is 28.6 Å². The second-order valence-electron chi connectivity index (χ2n) is 5.61. The molecule has 0 amide bonds. The van der Waals surface area contributed by atoms with Gasteiger partial charge in [0.25, 0.3) is 0 Å². The quantitative estimate of drug-likeness (QED) is 0.828. The Labute approximate surface area is 145 Å². The van der Waals surface area contributed by atoms with Gasteiger partial charge in [-0.25, -0.2) is 8.42 Å². The van der Waals surface area contributed by atoms with Crippen molar-refractivity contribution in [2.45, 2.75) is 23.8 Å². The molecule has 24 heavy (non-hydrogen) atoms. The van der Waals surface area contributed by atoms with Gasteiger partial charge >= 0.3 is 0 Å². The molecule has 0 aromatic heterocycles. The second-order valence-corrected chi connectivity index (χ2v) is 7.94. The number of carboxylic acids is 1. The van der Waals surface area contributed by atoms with E-state index in [0.29, 0.717) is 17.0 Å². The van der Waals surface area contributed by atoms with Gasteiger partial charge in [-0.1, -0.05) is 35.9 Å². The van der Waals surface area contributed by atoms with Crippen LogP contribution in [0.3, 0.4) is 0 Å². The monoisotopic (exact) mass is 364 g/mol. The molecule has 1 aliphatic heterocycles. The molecule has 7 heteroatoms. The van der Waals surface area contributed by atoms with E-state index in [-0.39, 0.29) is 17.9 Å². The van der Waals surface area contributed by atoms with E-state index in [4.69, 9.17) is 11.6 Å². The molecular formula is C17H15ClNO4S-. The number of hydrogen-bond donors (Lipinski definition) is 0. The number of halogens is 1. The Morgan fingerprint density at radius 2 is 1.83 bits per heavy atom. The Kier molecular flexibility index (Phi) is 4.62. The van der Waals surface area contributed by atoms with Gasteiger partial charge in [-0.3, -0.25) is 0 Å². The van der Waals surface area contributed by atoms with Crippen LogP contribution in [0.15, 0.2) is 53.4 Å². The Balaban J connectivity index is 2.05. The molecule has 0 aliphatic carbocycles. The van der Waals surface area contributed by atoms with E-state index in [2.05, 4.69) is 0 Å². The molecule has 3 rings (SSSR count). The minimum absolute atomic E-state index is 0.0922. The lowest BCUT2D eigenvalue weighted by Crippen LogP contribution is -2.42. The van der Waals surface area contributed by atoms with Crippen LogP contribution in [0, 0.1) is 0 Å². The van der Waals surface area contributed by atoms with Crippen LogP contribution < -0.4 is 5.11 Å². The van der Waals surface area contributed by atoms with Gasteiger partial charge in [0, 0.05) is 24.0 Å². The van der Waals surface area contributed by atoms with Crippen molar-refractivity contribution in [2.24, 2.45) is 0 Å². The summed E-state index contributed by atoms with van der Waals surface area (Å²) in [5, 5.41) is 11.6. The maximum atomic E-state index is 13.0. The summed E-state index contributed by atoms with van der Waals surface area (Å²) in [5.41, 5.74) is 1.68. The van der Waals surface area contributed by atoms with Crippen molar-refractivity contribution in [1.29, 1.82) is 0 Å². The third-order valence-corrected chi connectivity index (χ3v) is 6.32. The van der Waals surface area contributed by atoms with E-state index in [9.17, 15) is 18.3 Å². The largest absolute Gasteiger partial charge is 0.550 e. The zero-order chi connectivity index (χ0) is 17.3. The first kappa shape index (κ1) is 17.0. The number of aliphatic carboxylic acids is 1. The van der Waals surface area contributed by atoms with Crippen LogP contribution in [-0.4, -0.2) is 25.2 Å². The SMILES string of the molecule is O=C([O-])C[C@@H]1c2ccccc2CCN1S(=O)(=O)c1ccc(Cl)cc1. The summed E-state index contributed by atoms with van der Waals surface area (Å²) in [4.78, 5) is 11.3. The summed E-state index contributed by atoms with van der Waals surface area (Å²) >= 11 is 5.82. The number of hydrogen-bond acceptors (Lipinski definition) is 4. The fraction of sp³-hybridized carbons (Fsp3) is 0.235. The van der Waals surface area contributed by atoms with Crippen LogP contribution in [0.4, 0.5) is 0 Å². The van der Waals surface area contributed by atoms with Crippen LogP contribution in [0.5, 0.6) is 0 Å². The number of carboxylic acid groups (broad SMARTS) is 1. The molecule has 5 nitrogen and oxygen atoms in total. The molecule has 1 atom stereocenters. The van der Waals surface area contributed by atoms with Crippen molar-refractivity contribution in [3.63, 3.8) is 0 Å². The zero-order valence-corrected chi connectivity index (χ0v) is 14.3. The highest BCUT2D eigenvalue weighted by atomic mass is 35.5. The summed E-state index contributed by atoms with van der Waals surface area (Å²) in [6.07, 6.45) is 0.149. The Morgan fingerprint density at radius 1 is 1.17 bits per heavy atom. The van der Waals surface area contributed by atoms with E-state index in [1.54, 1.807) is 12.1 Å². The molecule has 0 N–H and O–H groups in total. The third-order valence-electron chi connectivity index (χ3n) is 4.14. The normalized spacial score (nSPS) is 18.1. The number of fused-ring (bicyclic) bond motifs is 1. The first-order valence-corrected chi connectivity index (χ1v) is 9.26. The van der Waals surface area contributed by atoms with Gasteiger partial charge in [-0.05, 0) is 41.8 Å². The first-order valence-electron chi connectivity index (χ1n) is 7.44. The van der Waals surface area contributed by atoms with Crippen molar-refractivity contribution in [1.82, 2.24) is 4.31 Å². The van der Waals surface area contributed by atoms with Gasteiger partial charge in [0.05, 0.1) is 10.9 Å². The lowest BCUT2D eigenvalue weighted by molar-refractivity contribution is -0.306. The molecule has 126 valence electrons. The highest BCUT2D eigenvalue weighted by Crippen LogP contribution is 2.36. The molecule has 0 saturated heterocycles. The molecule has 0 fully saturated rings. The lowest BCUT2D eigenvalue weighted by atomic mass is 9.92. The van der Waals surface area contributed by atoms with Gasteiger partial charge in [0.15, 0.2) is 0 Å². The Bertz CT molecular complexity index is 864. The number of carbonyl (C=O) groups excluding carboxylic acids is 1. The summed E-state index contributed by atoms with van der Waals surface area (Å²) in [5.74, 6) is -1.28. The number of benzene rings is 2. The van der Waals surface area contributed by atoms with Crippen LogP contribution in [0.2, 0.25) is 5.02 Å². The second kappa shape index (κ2) is 6.55. The minimum atomic E-state index is -3.83. The van der Waals surface area contributed by atoms with E-state index in [1.807, 2.05) is 12.1 Å². The number of nitrogens with zero attached hydrogens (tertiary/aromatic N) is 1. The van der Waals surface area contributed by atoms with Crippen molar-refractivity contribution >= 4 is 27.6 Å².